The monoisotopic (exact) mass is 414 g/mol. The summed E-state index contributed by atoms with van der Waals surface area (Å²) in [5, 5.41) is 12.6. The number of nitrogens with one attached hydrogen (secondary N) is 1. The number of aliphatic hydroxyl groups is 1. The van der Waals surface area contributed by atoms with E-state index in [2.05, 4.69) is 5.32 Å². The number of urea groups is 1. The lowest BCUT2D eigenvalue weighted by Crippen LogP contribution is -2.73. The lowest BCUT2D eigenvalue weighted by molar-refractivity contribution is -0.328. The highest BCUT2D eigenvalue weighted by Gasteiger charge is 2.70. The van der Waals surface area contributed by atoms with Crippen LogP contribution in [0.25, 0.3) is 0 Å². The van der Waals surface area contributed by atoms with E-state index in [0.29, 0.717) is 0 Å². The van der Waals surface area contributed by atoms with Crippen molar-refractivity contribution in [3.05, 3.63) is 33.8 Å². The van der Waals surface area contributed by atoms with Crippen molar-refractivity contribution in [3.63, 3.8) is 0 Å². The molecule has 2 rings (SSSR count). The van der Waals surface area contributed by atoms with Crippen molar-refractivity contribution in [2.45, 2.75) is 24.9 Å². The highest BCUT2D eigenvalue weighted by molar-refractivity contribution is 6.42. The van der Waals surface area contributed by atoms with Gasteiger partial charge in [-0.1, -0.05) is 35.3 Å². The molecule has 0 aliphatic carbocycles. The number of nitrogens with zero attached hydrogens (tertiary/aromatic N) is 1. The summed E-state index contributed by atoms with van der Waals surface area (Å²) >= 11 is 11.9. The number of alkyl halides is 3. The van der Waals surface area contributed by atoms with Gasteiger partial charge in [0.25, 0.3) is 5.72 Å². The molecule has 2 amide bonds. The number of hydrogen-bond donors (Lipinski definition) is 2. The average molecular weight is 415 g/mol. The van der Waals surface area contributed by atoms with Gasteiger partial charge in [-0.3, -0.25) is 9.69 Å². The summed E-state index contributed by atoms with van der Waals surface area (Å²) in [4.78, 5) is 24.5. The van der Waals surface area contributed by atoms with Crippen molar-refractivity contribution in [3.8, 4) is 0 Å². The highest BCUT2D eigenvalue weighted by atomic mass is 35.5. The summed E-state index contributed by atoms with van der Waals surface area (Å²) in [5.41, 5.74) is -3.86. The van der Waals surface area contributed by atoms with Crippen LogP contribution in [0.4, 0.5) is 18.0 Å². The zero-order valence-electron chi connectivity index (χ0n) is 13.6. The quantitative estimate of drug-likeness (QED) is 0.744. The maximum absolute atomic E-state index is 13.7. The Bertz CT molecular complexity index is 731. The molecule has 0 spiro atoms. The predicted octanol–water partition coefficient (Wildman–Crippen LogP) is 3.12. The average Bonchev–Trinajstić information content (AvgIpc) is 2.54. The Morgan fingerprint density at radius 2 is 2.04 bits per heavy atom. The van der Waals surface area contributed by atoms with Crippen molar-refractivity contribution < 1.29 is 32.6 Å². The molecule has 144 valence electrons. The lowest BCUT2D eigenvalue weighted by atomic mass is 9.81. The summed E-state index contributed by atoms with van der Waals surface area (Å²) in [6, 6.07) is 1.22. The molecule has 1 aromatic rings. The number of amides is 2. The second-order valence-electron chi connectivity index (χ2n) is 5.58. The van der Waals surface area contributed by atoms with Crippen LogP contribution in [-0.2, 0) is 9.53 Å². The summed E-state index contributed by atoms with van der Waals surface area (Å²) in [5.74, 6) is -3.58. The molecule has 1 heterocycles. The van der Waals surface area contributed by atoms with Gasteiger partial charge in [-0.2, -0.15) is 13.2 Å². The third-order valence-electron chi connectivity index (χ3n) is 4.14. The molecular weight excluding hydrogens is 400 g/mol. The second-order valence-corrected chi connectivity index (χ2v) is 6.37. The molecule has 1 aromatic carbocycles. The van der Waals surface area contributed by atoms with Crippen LogP contribution in [0.15, 0.2) is 18.2 Å². The molecular formula is C15H15Cl2F3N2O4. The zero-order chi connectivity index (χ0) is 19.9. The Labute approximate surface area is 156 Å². The van der Waals surface area contributed by atoms with Crippen molar-refractivity contribution in [1.29, 1.82) is 0 Å². The fourth-order valence-corrected chi connectivity index (χ4v) is 3.25. The number of benzene rings is 1. The van der Waals surface area contributed by atoms with Crippen molar-refractivity contribution in [2.24, 2.45) is 5.92 Å². The van der Waals surface area contributed by atoms with Crippen molar-refractivity contribution in [2.75, 3.05) is 13.7 Å². The topological polar surface area (TPSA) is 78.9 Å². The molecule has 0 radical (unpaired) electrons. The van der Waals surface area contributed by atoms with Crippen LogP contribution in [0.1, 0.15) is 18.5 Å². The zero-order valence-corrected chi connectivity index (χ0v) is 15.1. The van der Waals surface area contributed by atoms with Crippen molar-refractivity contribution in [1.82, 2.24) is 10.2 Å². The van der Waals surface area contributed by atoms with E-state index < -0.39 is 35.9 Å². The Morgan fingerprint density at radius 3 is 2.58 bits per heavy atom. The lowest BCUT2D eigenvalue weighted by Gasteiger charge is -2.49. The Hall–Kier alpha value is -1.71. The van der Waals surface area contributed by atoms with Crippen LogP contribution in [0.2, 0.25) is 10.0 Å². The molecule has 0 aromatic heterocycles. The summed E-state index contributed by atoms with van der Waals surface area (Å²) < 4.78 is 45.9. The summed E-state index contributed by atoms with van der Waals surface area (Å²) in [6.45, 7) is 1.17. The molecule has 1 aliphatic rings. The molecule has 0 unspecified atom stereocenters. The fraction of sp³-hybridized carbons (Fsp3) is 0.467. The van der Waals surface area contributed by atoms with E-state index >= 15 is 0 Å². The van der Waals surface area contributed by atoms with Crippen LogP contribution in [0.3, 0.4) is 0 Å². The number of carbonyl (C=O) groups is 2. The minimum absolute atomic E-state index is 0.00972. The smallest absolute Gasteiger partial charge is 0.437 e. The molecule has 2 N–H and O–H groups in total. The van der Waals surface area contributed by atoms with E-state index in [1.165, 1.54) is 25.1 Å². The molecule has 26 heavy (non-hydrogen) atoms. The number of rotatable bonds is 3. The normalized spacial score (nSPS) is 26.5. The first-order chi connectivity index (χ1) is 12.0. The third-order valence-corrected chi connectivity index (χ3v) is 4.97. The predicted molar refractivity (Wildman–Crippen MR) is 86.6 cm³/mol. The number of hydrogen-bond acceptors (Lipinski definition) is 4. The van der Waals surface area contributed by atoms with Gasteiger partial charge in [0, 0.05) is 7.05 Å². The van der Waals surface area contributed by atoms with Gasteiger partial charge < -0.3 is 15.2 Å². The number of esters is 1. The molecule has 3 atom stereocenters. The van der Waals surface area contributed by atoms with Crippen LogP contribution in [0.5, 0.6) is 0 Å². The standard InChI is InChI=1S/C15H15Cl2F3N2O4/c1-3-26-12(23)9-11(7-5-4-6-8(16)10(7)17)21-13(24)22(2)14(9,25)15(18,19)20/h4-6,9,11,25H,3H2,1-2H3,(H,21,24)/t9-,11+,14+/m1/s1. The SMILES string of the molecule is CCOC(=O)[C@H]1[C@H](c2cccc(Cl)c2Cl)NC(=O)N(C)[C@@]1(O)C(F)(F)F. The van der Waals surface area contributed by atoms with E-state index in [-0.39, 0.29) is 27.1 Å². The fourth-order valence-electron chi connectivity index (χ4n) is 2.83. The van der Waals surface area contributed by atoms with Crippen LogP contribution >= 0.6 is 23.2 Å². The maximum atomic E-state index is 13.7. The van der Waals surface area contributed by atoms with Gasteiger partial charge in [0.1, 0.15) is 5.92 Å². The Morgan fingerprint density at radius 1 is 1.42 bits per heavy atom. The maximum Gasteiger partial charge on any atom is 0.437 e. The molecule has 1 saturated heterocycles. The largest absolute Gasteiger partial charge is 0.466 e. The Kier molecular flexibility index (Phi) is 5.65. The molecule has 11 heteroatoms. The first kappa shape index (κ1) is 20.6. The first-order valence-electron chi connectivity index (χ1n) is 7.40. The van der Waals surface area contributed by atoms with Gasteiger partial charge in [-0.15, -0.1) is 0 Å². The number of halogens is 5. The van der Waals surface area contributed by atoms with Gasteiger partial charge in [0.15, 0.2) is 0 Å². The van der Waals surface area contributed by atoms with Gasteiger partial charge >= 0.3 is 18.2 Å². The minimum atomic E-state index is -5.35. The number of carbonyl (C=O) groups excluding carboxylic acids is 2. The van der Waals surface area contributed by atoms with Gasteiger partial charge in [-0.25, -0.2) is 4.79 Å². The van der Waals surface area contributed by atoms with Crippen LogP contribution in [-0.4, -0.2) is 47.6 Å². The van der Waals surface area contributed by atoms with Gasteiger partial charge in [-0.05, 0) is 18.6 Å². The molecule has 0 bridgehead atoms. The van der Waals surface area contributed by atoms with Crippen molar-refractivity contribution >= 4 is 35.2 Å². The van der Waals surface area contributed by atoms with Crippen LogP contribution in [0, 0.1) is 5.92 Å². The first-order valence-corrected chi connectivity index (χ1v) is 8.16. The minimum Gasteiger partial charge on any atom is -0.466 e. The van der Waals surface area contributed by atoms with E-state index in [1.54, 1.807) is 0 Å². The molecule has 0 saturated carbocycles. The summed E-state index contributed by atoms with van der Waals surface area (Å²) in [7, 11) is 0.727. The van der Waals surface area contributed by atoms with E-state index in [0.717, 1.165) is 7.05 Å². The summed E-state index contributed by atoms with van der Waals surface area (Å²) in [6.07, 6.45) is -5.35. The van der Waals surface area contributed by atoms with Gasteiger partial charge in [0.05, 0.1) is 22.7 Å². The highest BCUT2D eigenvalue weighted by Crippen LogP contribution is 2.48. The van der Waals surface area contributed by atoms with E-state index in [9.17, 15) is 27.9 Å². The van der Waals surface area contributed by atoms with Gasteiger partial charge in [0.2, 0.25) is 0 Å². The van der Waals surface area contributed by atoms with E-state index in [4.69, 9.17) is 27.9 Å². The molecule has 1 fully saturated rings. The van der Waals surface area contributed by atoms with Crippen LogP contribution < -0.4 is 5.32 Å². The van der Waals surface area contributed by atoms with E-state index in [1.807, 2.05) is 0 Å². The second kappa shape index (κ2) is 7.13. The third kappa shape index (κ3) is 3.19. The molecule has 6 nitrogen and oxygen atoms in total. The molecule has 1 aliphatic heterocycles. The number of ether oxygens (including phenoxy) is 1. The Balaban J connectivity index is 2.71.